The lowest BCUT2D eigenvalue weighted by atomic mass is 10.2. The second-order valence-corrected chi connectivity index (χ2v) is 5.00. The molecule has 0 heterocycles. The maximum Gasteiger partial charge on any atom is 0.221 e. The molecule has 20 heavy (non-hydrogen) atoms. The molecule has 0 aromatic heterocycles. The van der Waals surface area contributed by atoms with Gasteiger partial charge in [-0.25, -0.2) is 0 Å². The Kier molecular flexibility index (Phi) is 4.53. The molecule has 2 rings (SSSR count). The van der Waals surface area contributed by atoms with Crippen molar-refractivity contribution in [3.63, 3.8) is 0 Å². The number of aldehydes is 1. The minimum Gasteiger partial charge on any atom is -0.454 e. The normalized spacial score (nSPS) is 9.90. The first-order chi connectivity index (χ1) is 9.60. The van der Waals surface area contributed by atoms with Gasteiger partial charge in [0.1, 0.15) is 5.75 Å². The molecule has 0 radical (unpaired) electrons. The molecule has 0 bridgehead atoms. The molecular formula is C15H12BrNO3. The molecule has 2 aromatic rings. The van der Waals surface area contributed by atoms with E-state index in [1.54, 1.807) is 42.5 Å². The molecule has 5 heteroatoms. The summed E-state index contributed by atoms with van der Waals surface area (Å²) in [7, 11) is 0. The Morgan fingerprint density at radius 1 is 1.20 bits per heavy atom. The number of anilines is 1. The van der Waals surface area contributed by atoms with Gasteiger partial charge in [-0.2, -0.15) is 0 Å². The van der Waals surface area contributed by atoms with Crippen LogP contribution in [0.1, 0.15) is 17.3 Å². The minimum absolute atomic E-state index is 0.189. The fourth-order valence-corrected chi connectivity index (χ4v) is 2.00. The van der Waals surface area contributed by atoms with E-state index in [1.807, 2.05) is 0 Å². The van der Waals surface area contributed by atoms with Crippen LogP contribution in [0.2, 0.25) is 0 Å². The Hall–Kier alpha value is -2.14. The molecule has 0 spiro atoms. The molecule has 0 aliphatic carbocycles. The van der Waals surface area contributed by atoms with E-state index < -0.39 is 0 Å². The second kappa shape index (κ2) is 6.34. The summed E-state index contributed by atoms with van der Waals surface area (Å²) >= 11 is 3.33. The summed E-state index contributed by atoms with van der Waals surface area (Å²) in [5.41, 5.74) is 0.989. The third-order valence-electron chi connectivity index (χ3n) is 2.52. The van der Waals surface area contributed by atoms with Gasteiger partial charge in [-0.15, -0.1) is 0 Å². The van der Waals surface area contributed by atoms with Crippen LogP contribution < -0.4 is 10.1 Å². The van der Waals surface area contributed by atoms with E-state index in [0.717, 1.165) is 10.8 Å². The minimum atomic E-state index is -0.189. The number of carbonyl (C=O) groups is 2. The topological polar surface area (TPSA) is 55.4 Å². The van der Waals surface area contributed by atoms with Gasteiger partial charge < -0.3 is 10.1 Å². The Labute approximate surface area is 124 Å². The molecule has 0 aliphatic heterocycles. The van der Waals surface area contributed by atoms with Crippen LogP contribution in [0.25, 0.3) is 0 Å². The summed E-state index contributed by atoms with van der Waals surface area (Å²) in [5, 5.41) is 2.68. The van der Waals surface area contributed by atoms with Crippen molar-refractivity contribution >= 4 is 33.8 Å². The first kappa shape index (κ1) is 14.3. The lowest BCUT2D eigenvalue weighted by Crippen LogP contribution is -2.06. The SMILES string of the molecule is CC(=O)Nc1ccccc1Oc1cc(Br)ccc1C=O. The largest absolute Gasteiger partial charge is 0.454 e. The first-order valence-corrected chi connectivity index (χ1v) is 6.68. The summed E-state index contributed by atoms with van der Waals surface area (Å²) in [5.74, 6) is 0.710. The van der Waals surface area contributed by atoms with Crippen LogP contribution in [-0.4, -0.2) is 12.2 Å². The third kappa shape index (κ3) is 3.45. The van der Waals surface area contributed by atoms with Gasteiger partial charge in [0.05, 0.1) is 11.3 Å². The predicted molar refractivity (Wildman–Crippen MR) is 80.3 cm³/mol. The van der Waals surface area contributed by atoms with Crippen LogP contribution in [0.3, 0.4) is 0 Å². The van der Waals surface area contributed by atoms with Crippen LogP contribution in [-0.2, 0) is 4.79 Å². The predicted octanol–water partition coefficient (Wildman–Crippen LogP) is 4.01. The standard InChI is InChI=1S/C15H12BrNO3/c1-10(19)17-13-4-2-3-5-14(13)20-15-8-12(16)7-6-11(15)9-18/h2-9H,1H3,(H,17,19). The number of nitrogens with one attached hydrogen (secondary N) is 1. The van der Waals surface area contributed by atoms with Gasteiger partial charge in [-0.3, -0.25) is 9.59 Å². The second-order valence-electron chi connectivity index (χ2n) is 4.08. The molecule has 0 aliphatic rings. The Bertz CT molecular complexity index is 655. The van der Waals surface area contributed by atoms with Crippen molar-refractivity contribution in [3.8, 4) is 11.5 Å². The fraction of sp³-hybridized carbons (Fsp3) is 0.0667. The van der Waals surface area contributed by atoms with Gasteiger partial charge in [-0.05, 0) is 30.3 Å². The molecule has 1 amide bonds. The van der Waals surface area contributed by atoms with Crippen molar-refractivity contribution in [2.45, 2.75) is 6.92 Å². The van der Waals surface area contributed by atoms with E-state index >= 15 is 0 Å². The first-order valence-electron chi connectivity index (χ1n) is 5.89. The molecule has 0 saturated heterocycles. The molecule has 0 unspecified atom stereocenters. The number of carbonyl (C=O) groups excluding carboxylic acids is 2. The number of benzene rings is 2. The van der Waals surface area contributed by atoms with E-state index in [1.165, 1.54) is 6.92 Å². The third-order valence-corrected chi connectivity index (χ3v) is 3.01. The number of hydrogen-bond donors (Lipinski definition) is 1. The van der Waals surface area contributed by atoms with Gasteiger partial charge in [0.2, 0.25) is 5.91 Å². The number of rotatable bonds is 4. The average Bonchev–Trinajstić information content (AvgIpc) is 2.41. The molecule has 102 valence electrons. The van der Waals surface area contributed by atoms with Gasteiger partial charge in [-0.1, -0.05) is 28.1 Å². The quantitative estimate of drug-likeness (QED) is 0.860. The van der Waals surface area contributed by atoms with Crippen molar-refractivity contribution in [1.29, 1.82) is 0 Å². The van der Waals surface area contributed by atoms with Gasteiger partial charge in [0.25, 0.3) is 0 Å². The highest BCUT2D eigenvalue weighted by molar-refractivity contribution is 9.10. The lowest BCUT2D eigenvalue weighted by molar-refractivity contribution is -0.114. The lowest BCUT2D eigenvalue weighted by Gasteiger charge is -2.12. The van der Waals surface area contributed by atoms with Crippen molar-refractivity contribution in [2.24, 2.45) is 0 Å². The molecular weight excluding hydrogens is 322 g/mol. The highest BCUT2D eigenvalue weighted by Gasteiger charge is 2.09. The maximum atomic E-state index is 11.2. The van der Waals surface area contributed by atoms with Crippen LogP contribution in [0, 0.1) is 0 Å². The summed E-state index contributed by atoms with van der Waals surface area (Å²) in [4.78, 5) is 22.2. The average molecular weight is 334 g/mol. The maximum absolute atomic E-state index is 11.2. The van der Waals surface area contributed by atoms with Crippen LogP contribution >= 0.6 is 15.9 Å². The summed E-state index contributed by atoms with van der Waals surface area (Å²) in [6.45, 7) is 1.42. The smallest absolute Gasteiger partial charge is 0.221 e. The highest BCUT2D eigenvalue weighted by Crippen LogP contribution is 2.32. The van der Waals surface area contributed by atoms with Crippen LogP contribution in [0.4, 0.5) is 5.69 Å². The Balaban J connectivity index is 2.37. The number of halogens is 1. The van der Waals surface area contributed by atoms with Crippen molar-refractivity contribution in [2.75, 3.05) is 5.32 Å². The van der Waals surface area contributed by atoms with Crippen molar-refractivity contribution < 1.29 is 14.3 Å². The number of ether oxygens (including phenoxy) is 1. The van der Waals surface area contributed by atoms with Crippen LogP contribution in [0.15, 0.2) is 46.9 Å². The van der Waals surface area contributed by atoms with Gasteiger partial charge in [0, 0.05) is 11.4 Å². The van der Waals surface area contributed by atoms with Crippen LogP contribution in [0.5, 0.6) is 11.5 Å². The fourth-order valence-electron chi connectivity index (χ4n) is 1.66. The van der Waals surface area contributed by atoms with E-state index in [9.17, 15) is 9.59 Å². The molecule has 0 saturated carbocycles. The zero-order valence-corrected chi connectivity index (χ0v) is 12.3. The zero-order chi connectivity index (χ0) is 14.5. The molecule has 4 nitrogen and oxygen atoms in total. The monoisotopic (exact) mass is 333 g/mol. The number of amides is 1. The Morgan fingerprint density at radius 2 is 1.95 bits per heavy atom. The van der Waals surface area contributed by atoms with E-state index in [0.29, 0.717) is 22.7 Å². The number of hydrogen-bond acceptors (Lipinski definition) is 3. The Morgan fingerprint density at radius 3 is 2.65 bits per heavy atom. The summed E-state index contributed by atoms with van der Waals surface area (Å²) < 4.78 is 6.54. The zero-order valence-electron chi connectivity index (χ0n) is 10.7. The molecule has 0 fully saturated rings. The molecule has 2 aromatic carbocycles. The van der Waals surface area contributed by atoms with Gasteiger partial charge in [0.15, 0.2) is 12.0 Å². The number of para-hydroxylation sites is 2. The van der Waals surface area contributed by atoms with Crippen molar-refractivity contribution in [1.82, 2.24) is 0 Å². The van der Waals surface area contributed by atoms with Gasteiger partial charge >= 0.3 is 0 Å². The van der Waals surface area contributed by atoms with E-state index in [-0.39, 0.29) is 5.91 Å². The highest BCUT2D eigenvalue weighted by atomic mass is 79.9. The van der Waals surface area contributed by atoms with Crippen molar-refractivity contribution in [3.05, 3.63) is 52.5 Å². The molecule has 0 atom stereocenters. The summed E-state index contributed by atoms with van der Waals surface area (Å²) in [6.07, 6.45) is 0.725. The summed E-state index contributed by atoms with van der Waals surface area (Å²) in [6, 6.07) is 12.2. The van der Waals surface area contributed by atoms with E-state index in [2.05, 4.69) is 21.2 Å². The van der Waals surface area contributed by atoms with E-state index in [4.69, 9.17) is 4.74 Å². The molecule has 1 N–H and O–H groups in total.